The van der Waals surface area contributed by atoms with Crippen molar-refractivity contribution in [1.82, 2.24) is 4.90 Å². The number of hydrogen-bond acceptors (Lipinski definition) is 3. The van der Waals surface area contributed by atoms with E-state index in [2.05, 4.69) is 36.3 Å². The zero-order chi connectivity index (χ0) is 12.8. The maximum atomic E-state index is 5.37. The Kier molecular flexibility index (Phi) is 2.74. The highest BCUT2D eigenvalue weighted by Gasteiger charge is 2.42. The predicted molar refractivity (Wildman–Crippen MR) is 74.4 cm³/mol. The summed E-state index contributed by atoms with van der Waals surface area (Å²) in [6.45, 7) is 5.90. The number of likely N-dealkylation sites (tertiary alicyclic amines) is 1. The van der Waals surface area contributed by atoms with E-state index in [1.165, 1.54) is 30.8 Å². The average Bonchev–Trinajstić information content (AvgIpc) is 2.93. The Bertz CT molecular complexity index is 460. The largest absolute Gasteiger partial charge is 0.497 e. The van der Waals surface area contributed by atoms with Crippen molar-refractivity contribution >= 4 is 5.69 Å². The molecule has 2 unspecified atom stereocenters. The molecular formula is C15H22N2O. The monoisotopic (exact) mass is 246 g/mol. The molecule has 0 bridgehead atoms. The van der Waals surface area contributed by atoms with Crippen molar-refractivity contribution in [2.45, 2.75) is 19.3 Å². The minimum atomic E-state index is 0.388. The zero-order valence-electron chi connectivity index (χ0n) is 11.5. The molecule has 1 fully saturated rings. The molecule has 3 heteroatoms. The van der Waals surface area contributed by atoms with E-state index in [9.17, 15) is 0 Å². The molecule has 1 N–H and O–H groups in total. The lowest BCUT2D eigenvalue weighted by molar-refractivity contribution is 0.263. The first-order valence-electron chi connectivity index (χ1n) is 6.73. The first kappa shape index (κ1) is 11.8. The van der Waals surface area contributed by atoms with E-state index in [4.69, 9.17) is 4.74 Å². The first-order chi connectivity index (χ1) is 8.62. The number of nitrogens with one attached hydrogen (secondary N) is 1. The van der Waals surface area contributed by atoms with Crippen molar-refractivity contribution in [2.24, 2.45) is 5.41 Å². The van der Waals surface area contributed by atoms with Crippen LogP contribution in [0.15, 0.2) is 18.2 Å². The van der Waals surface area contributed by atoms with Gasteiger partial charge in [-0.2, -0.15) is 0 Å². The fourth-order valence-corrected chi connectivity index (χ4v) is 3.57. The molecule has 0 aliphatic carbocycles. The van der Waals surface area contributed by atoms with Crippen LogP contribution in [0.4, 0.5) is 5.69 Å². The first-order valence-corrected chi connectivity index (χ1v) is 6.73. The fourth-order valence-electron chi connectivity index (χ4n) is 3.57. The molecule has 0 spiro atoms. The van der Waals surface area contributed by atoms with Gasteiger partial charge in [0.15, 0.2) is 0 Å². The van der Waals surface area contributed by atoms with Crippen LogP contribution >= 0.6 is 0 Å². The van der Waals surface area contributed by atoms with Crippen molar-refractivity contribution in [1.29, 1.82) is 0 Å². The minimum absolute atomic E-state index is 0.388. The summed E-state index contributed by atoms with van der Waals surface area (Å²) in [6.07, 6.45) is 1.28. The second-order valence-electron chi connectivity index (χ2n) is 6.03. The van der Waals surface area contributed by atoms with Gasteiger partial charge in [0.25, 0.3) is 0 Å². The van der Waals surface area contributed by atoms with Crippen LogP contribution in [-0.2, 0) is 0 Å². The smallest absolute Gasteiger partial charge is 0.119 e. The Labute approximate surface area is 109 Å². The highest BCUT2D eigenvalue weighted by Crippen LogP contribution is 2.48. The average molecular weight is 246 g/mol. The molecule has 98 valence electrons. The molecule has 0 amide bonds. The normalized spacial score (nSPS) is 31.2. The molecule has 0 saturated carbocycles. The van der Waals surface area contributed by atoms with E-state index in [-0.39, 0.29) is 0 Å². The van der Waals surface area contributed by atoms with E-state index in [0.717, 1.165) is 12.3 Å². The number of anilines is 1. The van der Waals surface area contributed by atoms with Crippen LogP contribution in [0.5, 0.6) is 5.75 Å². The lowest BCUT2D eigenvalue weighted by Gasteiger charge is -2.31. The molecule has 18 heavy (non-hydrogen) atoms. The number of rotatable bonds is 2. The van der Waals surface area contributed by atoms with Crippen molar-refractivity contribution in [3.63, 3.8) is 0 Å². The van der Waals surface area contributed by atoms with Crippen LogP contribution in [-0.4, -0.2) is 38.7 Å². The maximum Gasteiger partial charge on any atom is 0.119 e. The summed E-state index contributed by atoms with van der Waals surface area (Å²) in [7, 11) is 3.96. The Balaban J connectivity index is 1.94. The second kappa shape index (κ2) is 4.16. The molecule has 0 aromatic heterocycles. The molecule has 1 saturated heterocycles. The van der Waals surface area contributed by atoms with Gasteiger partial charge in [0.2, 0.25) is 0 Å². The quantitative estimate of drug-likeness (QED) is 0.868. The zero-order valence-corrected chi connectivity index (χ0v) is 11.5. The van der Waals surface area contributed by atoms with Crippen LogP contribution < -0.4 is 10.1 Å². The maximum absolute atomic E-state index is 5.37. The molecule has 1 aromatic carbocycles. The van der Waals surface area contributed by atoms with Gasteiger partial charge in [-0.1, -0.05) is 6.92 Å². The van der Waals surface area contributed by atoms with Crippen LogP contribution in [0, 0.1) is 5.41 Å². The van der Waals surface area contributed by atoms with Gasteiger partial charge in [-0.25, -0.2) is 0 Å². The number of hydrogen-bond donors (Lipinski definition) is 1. The van der Waals surface area contributed by atoms with Gasteiger partial charge in [-0.15, -0.1) is 0 Å². The minimum Gasteiger partial charge on any atom is -0.497 e. The summed E-state index contributed by atoms with van der Waals surface area (Å²) in [5.41, 5.74) is 3.11. The summed E-state index contributed by atoms with van der Waals surface area (Å²) in [6, 6.07) is 6.40. The number of nitrogens with zero attached hydrogens (tertiary/aromatic N) is 1. The Morgan fingerprint density at radius 2 is 2.28 bits per heavy atom. The third-order valence-electron chi connectivity index (χ3n) is 4.67. The van der Waals surface area contributed by atoms with Crippen LogP contribution in [0.2, 0.25) is 0 Å². The lowest BCUT2D eigenvalue weighted by atomic mass is 9.74. The topological polar surface area (TPSA) is 24.5 Å². The van der Waals surface area contributed by atoms with E-state index in [0.29, 0.717) is 11.3 Å². The van der Waals surface area contributed by atoms with Crippen LogP contribution in [0.1, 0.15) is 24.8 Å². The second-order valence-corrected chi connectivity index (χ2v) is 6.03. The fraction of sp³-hybridized carbons (Fsp3) is 0.600. The van der Waals surface area contributed by atoms with Crippen molar-refractivity contribution in [3.8, 4) is 5.75 Å². The van der Waals surface area contributed by atoms with E-state index in [1.807, 2.05) is 6.07 Å². The highest BCUT2D eigenvalue weighted by atomic mass is 16.5. The molecule has 2 heterocycles. The highest BCUT2D eigenvalue weighted by molar-refractivity contribution is 5.60. The molecule has 2 atom stereocenters. The number of ether oxygens (including phenoxy) is 1. The standard InChI is InChI=1S/C15H22N2O/c1-15(6-7-17(2)10-15)13-9-16-14-5-4-11(18-3)8-12(13)14/h4-5,8,13,16H,6-7,9-10H2,1-3H3. The van der Waals surface area contributed by atoms with E-state index >= 15 is 0 Å². The number of fused-ring (bicyclic) bond motifs is 1. The molecule has 2 aliphatic rings. The van der Waals surface area contributed by atoms with Crippen molar-refractivity contribution in [2.75, 3.05) is 39.1 Å². The number of benzene rings is 1. The third kappa shape index (κ3) is 1.77. The number of methoxy groups -OCH3 is 1. The summed E-state index contributed by atoms with van der Waals surface area (Å²) < 4.78 is 5.37. The van der Waals surface area contributed by atoms with Gasteiger partial charge in [0.1, 0.15) is 5.75 Å². The summed E-state index contributed by atoms with van der Waals surface area (Å²) >= 11 is 0. The lowest BCUT2D eigenvalue weighted by Crippen LogP contribution is -2.30. The summed E-state index contributed by atoms with van der Waals surface area (Å²) in [5, 5.41) is 3.54. The van der Waals surface area contributed by atoms with Gasteiger partial charge in [-0.05, 0) is 49.2 Å². The van der Waals surface area contributed by atoms with Gasteiger partial charge in [0.05, 0.1) is 7.11 Å². The molecule has 1 aromatic rings. The van der Waals surface area contributed by atoms with Gasteiger partial charge < -0.3 is 15.0 Å². The van der Waals surface area contributed by atoms with E-state index in [1.54, 1.807) is 7.11 Å². The van der Waals surface area contributed by atoms with Gasteiger partial charge in [-0.3, -0.25) is 0 Å². The molecule has 3 nitrogen and oxygen atoms in total. The van der Waals surface area contributed by atoms with Crippen LogP contribution in [0.3, 0.4) is 0 Å². The third-order valence-corrected chi connectivity index (χ3v) is 4.67. The van der Waals surface area contributed by atoms with Gasteiger partial charge in [0, 0.05) is 24.7 Å². The summed E-state index contributed by atoms with van der Waals surface area (Å²) in [4.78, 5) is 2.44. The molecule has 2 aliphatic heterocycles. The Hall–Kier alpha value is -1.22. The molecule has 3 rings (SSSR count). The Morgan fingerprint density at radius 1 is 1.44 bits per heavy atom. The molecular weight excluding hydrogens is 224 g/mol. The van der Waals surface area contributed by atoms with Crippen molar-refractivity contribution < 1.29 is 4.74 Å². The summed E-state index contributed by atoms with van der Waals surface area (Å²) in [5.74, 6) is 1.57. The van der Waals surface area contributed by atoms with Crippen molar-refractivity contribution in [3.05, 3.63) is 23.8 Å². The van der Waals surface area contributed by atoms with Crippen LogP contribution in [0.25, 0.3) is 0 Å². The van der Waals surface area contributed by atoms with E-state index < -0.39 is 0 Å². The van der Waals surface area contributed by atoms with Gasteiger partial charge >= 0.3 is 0 Å². The SMILES string of the molecule is COc1ccc2c(c1)C(C1(C)CCN(C)C1)CN2. The predicted octanol–water partition coefficient (Wildman–Crippen LogP) is 2.55. The Morgan fingerprint density at radius 3 is 2.94 bits per heavy atom. The molecule has 0 radical (unpaired) electrons.